The summed E-state index contributed by atoms with van der Waals surface area (Å²) in [5.74, 6) is -3.39. The fourth-order valence-corrected chi connectivity index (χ4v) is 5.72. The van der Waals surface area contributed by atoms with E-state index in [4.69, 9.17) is 44.4 Å². The molecule has 6 rings (SSSR count). The summed E-state index contributed by atoms with van der Waals surface area (Å²) in [6, 6.07) is 16.1. The maximum Gasteiger partial charge on any atom is 0.251 e. The first-order valence-corrected chi connectivity index (χ1v) is 15.3. The maximum absolute atomic E-state index is 15.3. The van der Waals surface area contributed by atoms with Crippen molar-refractivity contribution in [1.29, 1.82) is 0 Å². The molecule has 0 radical (unpaired) electrons. The molecule has 0 unspecified atom stereocenters. The van der Waals surface area contributed by atoms with Gasteiger partial charge in [0, 0.05) is 47.0 Å². The average molecular weight is 665 g/mol. The summed E-state index contributed by atoms with van der Waals surface area (Å²) in [7, 11) is 0. The molecule has 1 aliphatic heterocycles. The molecule has 1 aliphatic carbocycles. The van der Waals surface area contributed by atoms with Crippen LogP contribution < -0.4 is 21.5 Å². The van der Waals surface area contributed by atoms with Crippen LogP contribution in [0.2, 0.25) is 10.0 Å². The number of aromatic nitrogens is 1. The van der Waals surface area contributed by atoms with Crippen LogP contribution in [-0.4, -0.2) is 42.2 Å². The molecule has 0 spiro atoms. The summed E-state index contributed by atoms with van der Waals surface area (Å²) >= 11 is 12.4. The number of carbonyl (C=O) groups is 2. The lowest BCUT2D eigenvalue weighted by molar-refractivity contribution is -0.123. The van der Waals surface area contributed by atoms with Gasteiger partial charge in [-0.2, -0.15) is 0 Å². The fraction of sp³-hybridized carbons (Fsp3) is 0.235. The monoisotopic (exact) mass is 663 g/mol. The zero-order valence-electron chi connectivity index (χ0n) is 24.6. The van der Waals surface area contributed by atoms with Crippen molar-refractivity contribution in [1.82, 2.24) is 10.3 Å². The summed E-state index contributed by atoms with van der Waals surface area (Å²) in [5.41, 5.74) is 13.3. The Morgan fingerprint density at radius 2 is 1.85 bits per heavy atom. The number of hydrogen-bond acceptors (Lipinski definition) is 6. The van der Waals surface area contributed by atoms with Gasteiger partial charge in [0.15, 0.2) is 0 Å². The second-order valence-corrected chi connectivity index (χ2v) is 12.5. The molecule has 46 heavy (non-hydrogen) atoms. The van der Waals surface area contributed by atoms with Gasteiger partial charge in [-0.05, 0) is 49.6 Å². The number of pyridine rings is 1. The number of anilines is 1. The van der Waals surface area contributed by atoms with E-state index in [0.717, 1.165) is 24.5 Å². The molecule has 2 heterocycles. The van der Waals surface area contributed by atoms with Gasteiger partial charge in [-0.3, -0.25) is 14.6 Å². The Balaban J connectivity index is 1.42. The van der Waals surface area contributed by atoms with Crippen LogP contribution in [0, 0.1) is 11.6 Å². The molecule has 1 saturated carbocycles. The number of nitrogen functional groups attached to an aromatic ring is 1. The van der Waals surface area contributed by atoms with Gasteiger partial charge in [0.1, 0.15) is 35.1 Å². The average Bonchev–Trinajstić information content (AvgIpc) is 3.81. The van der Waals surface area contributed by atoms with Crippen LogP contribution in [0.4, 0.5) is 14.5 Å². The topological polar surface area (TPSA) is 133 Å². The van der Waals surface area contributed by atoms with Gasteiger partial charge in [-0.25, -0.2) is 13.8 Å². The van der Waals surface area contributed by atoms with Crippen molar-refractivity contribution in [3.63, 3.8) is 0 Å². The summed E-state index contributed by atoms with van der Waals surface area (Å²) < 4.78 is 35.3. The lowest BCUT2D eigenvalue weighted by Crippen LogP contribution is -2.40. The molecule has 4 aromatic rings. The number of aliphatic imine (C=N–C) groups is 1. The van der Waals surface area contributed by atoms with E-state index in [1.807, 2.05) is 30.3 Å². The number of primary amides is 1. The minimum Gasteiger partial charge on any atom is -0.489 e. The first-order valence-electron chi connectivity index (χ1n) is 14.5. The van der Waals surface area contributed by atoms with E-state index >= 15 is 4.39 Å². The smallest absolute Gasteiger partial charge is 0.251 e. The predicted octanol–water partition coefficient (Wildman–Crippen LogP) is 6.19. The van der Waals surface area contributed by atoms with Crippen molar-refractivity contribution in [2.75, 3.05) is 18.9 Å². The molecular formula is C34H29Cl2F2N5O3. The first kappa shape index (κ1) is 31.4. The number of nitrogens with one attached hydrogen (secondary N) is 1. The van der Waals surface area contributed by atoms with Gasteiger partial charge in [-0.15, -0.1) is 0 Å². The third-order valence-corrected chi connectivity index (χ3v) is 8.92. The summed E-state index contributed by atoms with van der Waals surface area (Å²) in [6.07, 6.45) is 3.65. The van der Waals surface area contributed by atoms with Crippen molar-refractivity contribution >= 4 is 46.9 Å². The molecule has 1 aromatic heterocycles. The molecule has 2 aliphatic rings. The van der Waals surface area contributed by atoms with E-state index in [-0.39, 0.29) is 51.8 Å². The number of carbonyl (C=O) groups excluding carboxylic acids is 2. The molecule has 0 saturated heterocycles. The molecule has 5 N–H and O–H groups in total. The van der Waals surface area contributed by atoms with Gasteiger partial charge >= 0.3 is 0 Å². The Morgan fingerprint density at radius 3 is 2.54 bits per heavy atom. The minimum absolute atomic E-state index is 0.0223. The molecule has 0 bridgehead atoms. The number of hydrogen-bond donors (Lipinski definition) is 3. The second-order valence-electron chi connectivity index (χ2n) is 11.6. The van der Waals surface area contributed by atoms with Gasteiger partial charge in [0.05, 0.1) is 27.5 Å². The van der Waals surface area contributed by atoms with Gasteiger partial charge in [0.2, 0.25) is 5.91 Å². The molecule has 8 nitrogen and oxygen atoms in total. The van der Waals surface area contributed by atoms with Crippen LogP contribution in [0.15, 0.2) is 65.7 Å². The fourth-order valence-electron chi connectivity index (χ4n) is 5.33. The number of nitrogens with zero attached hydrogens (tertiary/aromatic N) is 2. The third kappa shape index (κ3) is 6.02. The zero-order valence-corrected chi connectivity index (χ0v) is 26.1. The zero-order chi connectivity index (χ0) is 32.7. The van der Waals surface area contributed by atoms with Crippen LogP contribution in [-0.2, 0) is 10.2 Å². The summed E-state index contributed by atoms with van der Waals surface area (Å²) in [5, 5.41) is 2.86. The normalized spacial score (nSPS) is 17.8. The van der Waals surface area contributed by atoms with Crippen molar-refractivity contribution in [2.24, 2.45) is 10.7 Å². The van der Waals surface area contributed by atoms with Crippen LogP contribution in [0.1, 0.15) is 58.4 Å². The van der Waals surface area contributed by atoms with E-state index in [9.17, 15) is 14.0 Å². The highest BCUT2D eigenvalue weighted by atomic mass is 35.5. The van der Waals surface area contributed by atoms with E-state index in [0.29, 0.717) is 28.6 Å². The van der Waals surface area contributed by atoms with Crippen molar-refractivity contribution in [3.05, 3.63) is 110 Å². The highest BCUT2D eigenvalue weighted by molar-refractivity contribution is 6.34. The largest absolute Gasteiger partial charge is 0.489 e. The Morgan fingerprint density at radius 1 is 1.11 bits per heavy atom. The van der Waals surface area contributed by atoms with Crippen LogP contribution >= 0.6 is 23.2 Å². The highest BCUT2D eigenvalue weighted by Gasteiger charge is 2.44. The lowest BCUT2D eigenvalue weighted by atomic mass is 9.81. The SMILES string of the molecule is C[C@]1(C(N)=O)COc2c1cc([C@@H](CNC(=O)c1cc(Cl)c(N)c(C=NC3CC3)c1)c1ccccc1)nc2-c1cc(Cl)c(F)cc1F. The third-order valence-electron chi connectivity index (χ3n) is 8.32. The van der Waals surface area contributed by atoms with E-state index in [1.54, 1.807) is 25.3 Å². The standard InChI is InChI=1S/C34H29Cl2F2N5O3/c1-34(33(40)45)16-46-31-23(34)12-28(43-30(31)21-11-24(35)27(38)13-26(21)37)22(17-5-3-2-4-6-17)15-42-32(44)18-9-19(14-41-20-7-8-20)29(39)25(36)10-18/h2-6,9-14,20,22H,7-8,15-16,39H2,1H3,(H2,40,45)(H,42,44)/t22-,34-/m0/s1. The van der Waals surface area contributed by atoms with Crippen molar-refractivity contribution in [2.45, 2.75) is 37.1 Å². The van der Waals surface area contributed by atoms with E-state index < -0.39 is 34.8 Å². The number of amides is 2. The predicted molar refractivity (Wildman–Crippen MR) is 174 cm³/mol. The number of fused-ring (bicyclic) bond motifs is 1. The Bertz CT molecular complexity index is 1900. The second kappa shape index (κ2) is 12.3. The number of ether oxygens (including phenoxy) is 1. The van der Waals surface area contributed by atoms with Crippen molar-refractivity contribution < 1.29 is 23.1 Å². The number of benzene rings is 3. The number of halogens is 4. The maximum atomic E-state index is 15.3. The Labute approximate surface area is 273 Å². The Kier molecular flexibility index (Phi) is 8.43. The first-order chi connectivity index (χ1) is 22.0. The van der Waals surface area contributed by atoms with Crippen molar-refractivity contribution in [3.8, 4) is 17.0 Å². The summed E-state index contributed by atoms with van der Waals surface area (Å²) in [4.78, 5) is 35.4. The van der Waals surface area contributed by atoms with Gasteiger partial charge < -0.3 is 21.5 Å². The Hall–Kier alpha value is -4.54. The number of nitrogens with two attached hydrogens (primary N) is 2. The van der Waals surface area contributed by atoms with Gasteiger partial charge in [0.25, 0.3) is 5.91 Å². The minimum atomic E-state index is -1.27. The van der Waals surface area contributed by atoms with Crippen LogP contribution in [0.3, 0.4) is 0 Å². The molecule has 2 atom stereocenters. The molecule has 1 fully saturated rings. The molecule has 3 aromatic carbocycles. The lowest BCUT2D eigenvalue weighted by Gasteiger charge is -2.23. The quantitative estimate of drug-likeness (QED) is 0.112. The molecular weight excluding hydrogens is 635 g/mol. The van der Waals surface area contributed by atoms with Gasteiger partial charge in [-0.1, -0.05) is 53.5 Å². The summed E-state index contributed by atoms with van der Waals surface area (Å²) in [6.45, 7) is 1.56. The van der Waals surface area contributed by atoms with E-state index in [2.05, 4.69) is 10.3 Å². The molecule has 12 heteroatoms. The molecule has 236 valence electrons. The van der Waals surface area contributed by atoms with Crippen LogP contribution in [0.25, 0.3) is 11.3 Å². The highest BCUT2D eigenvalue weighted by Crippen LogP contribution is 2.46. The van der Waals surface area contributed by atoms with E-state index in [1.165, 1.54) is 6.07 Å². The number of rotatable bonds is 9. The van der Waals surface area contributed by atoms with Crippen LogP contribution in [0.5, 0.6) is 5.75 Å². The molecule has 2 amide bonds.